The zero-order valence-electron chi connectivity index (χ0n) is 12.3. The molecule has 0 fully saturated rings. The summed E-state index contributed by atoms with van der Waals surface area (Å²) in [5.41, 5.74) is 1.02. The first kappa shape index (κ1) is 15.4. The molecule has 0 atom stereocenters. The van der Waals surface area contributed by atoms with Crippen LogP contribution < -0.4 is 5.32 Å². The molecule has 0 saturated carbocycles. The fourth-order valence-electron chi connectivity index (χ4n) is 2.23. The number of halogens is 2. The van der Waals surface area contributed by atoms with Crippen molar-refractivity contribution < 1.29 is 8.78 Å². The van der Waals surface area contributed by atoms with E-state index in [1.807, 2.05) is 13.8 Å². The number of hydrogen-bond acceptors (Lipinski definition) is 3. The average molecular weight is 291 g/mol. The number of nitrogens with zero attached hydrogens (tertiary/aromatic N) is 2. The van der Waals surface area contributed by atoms with Crippen LogP contribution >= 0.6 is 0 Å². The lowest BCUT2D eigenvalue weighted by atomic mass is 10.0. The van der Waals surface area contributed by atoms with Crippen molar-refractivity contribution in [3.8, 4) is 11.3 Å². The molecule has 1 N–H and O–H groups in total. The predicted octanol–water partition coefficient (Wildman–Crippen LogP) is 4.20. The zero-order valence-corrected chi connectivity index (χ0v) is 12.3. The van der Waals surface area contributed by atoms with Crippen molar-refractivity contribution in [2.24, 2.45) is 0 Å². The van der Waals surface area contributed by atoms with Gasteiger partial charge in [0.2, 0.25) is 0 Å². The van der Waals surface area contributed by atoms with E-state index in [1.54, 1.807) is 0 Å². The van der Waals surface area contributed by atoms with E-state index in [1.165, 1.54) is 24.5 Å². The van der Waals surface area contributed by atoms with Gasteiger partial charge in [0.1, 0.15) is 23.8 Å². The molecule has 0 bridgehead atoms. The highest BCUT2D eigenvalue weighted by atomic mass is 19.1. The Morgan fingerprint density at radius 3 is 2.38 bits per heavy atom. The summed E-state index contributed by atoms with van der Waals surface area (Å²) < 4.78 is 28.0. The first-order valence-electron chi connectivity index (χ1n) is 7.21. The highest BCUT2D eigenvalue weighted by Gasteiger charge is 2.18. The van der Waals surface area contributed by atoms with Crippen molar-refractivity contribution >= 4 is 5.82 Å². The second-order valence-electron chi connectivity index (χ2n) is 4.82. The third kappa shape index (κ3) is 3.35. The number of nitrogens with one attached hydrogen (secondary N) is 1. The fourth-order valence-corrected chi connectivity index (χ4v) is 2.23. The second kappa shape index (κ2) is 7.11. The molecular weight excluding hydrogens is 272 g/mol. The summed E-state index contributed by atoms with van der Waals surface area (Å²) in [6.45, 7) is 4.82. The van der Waals surface area contributed by atoms with Crippen LogP contribution in [-0.2, 0) is 6.42 Å². The summed E-state index contributed by atoms with van der Waals surface area (Å²) >= 11 is 0. The normalized spacial score (nSPS) is 10.7. The zero-order chi connectivity index (χ0) is 15.2. The van der Waals surface area contributed by atoms with Gasteiger partial charge < -0.3 is 5.32 Å². The molecule has 2 rings (SSSR count). The Kier molecular flexibility index (Phi) is 5.20. The molecule has 0 aliphatic heterocycles. The Morgan fingerprint density at radius 2 is 1.76 bits per heavy atom. The van der Waals surface area contributed by atoms with E-state index in [2.05, 4.69) is 15.3 Å². The van der Waals surface area contributed by atoms with Gasteiger partial charge in [0, 0.05) is 12.1 Å². The number of hydrogen-bond donors (Lipinski definition) is 1. The molecule has 5 heteroatoms. The maximum atomic E-state index is 14.0. The lowest BCUT2D eigenvalue weighted by Crippen LogP contribution is -2.08. The Labute approximate surface area is 123 Å². The van der Waals surface area contributed by atoms with E-state index in [-0.39, 0.29) is 5.56 Å². The van der Waals surface area contributed by atoms with Gasteiger partial charge in [-0.2, -0.15) is 0 Å². The van der Waals surface area contributed by atoms with E-state index >= 15 is 0 Å². The van der Waals surface area contributed by atoms with Gasteiger partial charge in [-0.3, -0.25) is 0 Å². The molecule has 0 spiro atoms. The molecule has 1 aromatic carbocycles. The molecule has 1 heterocycles. The number of benzene rings is 1. The van der Waals surface area contributed by atoms with Crippen molar-refractivity contribution in [1.82, 2.24) is 9.97 Å². The van der Waals surface area contributed by atoms with Gasteiger partial charge in [-0.1, -0.05) is 26.3 Å². The summed E-state index contributed by atoms with van der Waals surface area (Å²) in [7, 11) is 0. The van der Waals surface area contributed by atoms with Gasteiger partial charge in [0.05, 0.1) is 11.3 Å². The van der Waals surface area contributed by atoms with Gasteiger partial charge in [-0.25, -0.2) is 18.7 Å². The van der Waals surface area contributed by atoms with Gasteiger partial charge in [0.15, 0.2) is 0 Å². The van der Waals surface area contributed by atoms with Crippen molar-refractivity contribution in [2.45, 2.75) is 33.1 Å². The smallest absolute Gasteiger partial charge is 0.135 e. The van der Waals surface area contributed by atoms with Crippen LogP contribution in [0.4, 0.5) is 14.6 Å². The summed E-state index contributed by atoms with van der Waals surface area (Å²) in [4.78, 5) is 8.34. The SMILES string of the molecule is CCCNc1ncnc(-c2c(F)cccc2F)c1CCC. The van der Waals surface area contributed by atoms with Gasteiger partial charge in [0.25, 0.3) is 0 Å². The Morgan fingerprint density at radius 1 is 1.05 bits per heavy atom. The molecule has 0 aliphatic rings. The van der Waals surface area contributed by atoms with Gasteiger partial charge in [-0.05, 0) is 25.0 Å². The monoisotopic (exact) mass is 291 g/mol. The lowest BCUT2D eigenvalue weighted by Gasteiger charge is -2.14. The Hall–Kier alpha value is -2.04. The van der Waals surface area contributed by atoms with E-state index in [9.17, 15) is 8.78 Å². The van der Waals surface area contributed by atoms with Crippen LogP contribution in [0.25, 0.3) is 11.3 Å². The molecule has 0 unspecified atom stereocenters. The third-order valence-corrected chi connectivity index (χ3v) is 3.19. The topological polar surface area (TPSA) is 37.8 Å². The van der Waals surface area contributed by atoms with Crippen LogP contribution in [0.5, 0.6) is 0 Å². The second-order valence-corrected chi connectivity index (χ2v) is 4.82. The molecule has 0 radical (unpaired) electrons. The van der Waals surface area contributed by atoms with Crippen molar-refractivity contribution in [1.29, 1.82) is 0 Å². The minimum Gasteiger partial charge on any atom is -0.370 e. The summed E-state index contributed by atoms with van der Waals surface area (Å²) in [5.74, 6) is -0.550. The average Bonchev–Trinajstić information content (AvgIpc) is 2.47. The maximum absolute atomic E-state index is 14.0. The minimum atomic E-state index is -0.604. The summed E-state index contributed by atoms with van der Waals surface area (Å²) in [6.07, 6.45) is 3.80. The van der Waals surface area contributed by atoms with Crippen LogP contribution in [0.3, 0.4) is 0 Å². The number of rotatable bonds is 6. The van der Waals surface area contributed by atoms with Crippen molar-refractivity contribution in [3.63, 3.8) is 0 Å². The highest BCUT2D eigenvalue weighted by molar-refractivity contribution is 5.69. The standard InChI is InChI=1S/C16H19F2N3/c1-3-6-11-15(14-12(17)7-5-8-13(14)18)20-10-21-16(11)19-9-4-2/h5,7-8,10H,3-4,6,9H2,1-2H3,(H,19,20,21). The first-order valence-corrected chi connectivity index (χ1v) is 7.21. The van der Waals surface area contributed by atoms with Gasteiger partial charge in [-0.15, -0.1) is 0 Å². The molecule has 112 valence electrons. The Bertz CT molecular complexity index is 594. The van der Waals surface area contributed by atoms with Crippen molar-refractivity contribution in [2.75, 3.05) is 11.9 Å². The van der Waals surface area contributed by atoms with Crippen LogP contribution in [0.15, 0.2) is 24.5 Å². The van der Waals surface area contributed by atoms with E-state index in [4.69, 9.17) is 0 Å². The van der Waals surface area contributed by atoms with E-state index in [0.29, 0.717) is 17.9 Å². The van der Waals surface area contributed by atoms with E-state index in [0.717, 1.165) is 24.9 Å². The largest absolute Gasteiger partial charge is 0.370 e. The third-order valence-electron chi connectivity index (χ3n) is 3.19. The van der Waals surface area contributed by atoms with Gasteiger partial charge >= 0.3 is 0 Å². The summed E-state index contributed by atoms with van der Waals surface area (Å²) in [5, 5.41) is 3.20. The molecule has 21 heavy (non-hydrogen) atoms. The highest BCUT2D eigenvalue weighted by Crippen LogP contribution is 2.30. The minimum absolute atomic E-state index is 0.0806. The quantitative estimate of drug-likeness (QED) is 0.867. The first-order chi connectivity index (χ1) is 10.2. The van der Waals surface area contributed by atoms with Crippen molar-refractivity contribution in [3.05, 3.63) is 41.7 Å². The summed E-state index contributed by atoms with van der Waals surface area (Å²) in [6, 6.07) is 3.84. The Balaban J connectivity index is 2.57. The molecule has 0 aliphatic carbocycles. The van der Waals surface area contributed by atoms with E-state index < -0.39 is 11.6 Å². The molecular formula is C16H19F2N3. The van der Waals surface area contributed by atoms with Crippen LogP contribution in [0, 0.1) is 11.6 Å². The number of anilines is 1. The van der Waals surface area contributed by atoms with Crippen LogP contribution in [0.1, 0.15) is 32.3 Å². The van der Waals surface area contributed by atoms with Crippen LogP contribution in [-0.4, -0.2) is 16.5 Å². The molecule has 3 nitrogen and oxygen atoms in total. The molecule has 0 amide bonds. The molecule has 0 saturated heterocycles. The number of aromatic nitrogens is 2. The van der Waals surface area contributed by atoms with Crippen LogP contribution in [0.2, 0.25) is 0 Å². The maximum Gasteiger partial charge on any atom is 0.135 e. The molecule has 2 aromatic rings. The molecule has 1 aromatic heterocycles. The predicted molar refractivity (Wildman–Crippen MR) is 80.2 cm³/mol. The lowest BCUT2D eigenvalue weighted by molar-refractivity contribution is 0.588. The fraction of sp³-hybridized carbons (Fsp3) is 0.375.